The molecule has 0 saturated carbocycles. The van der Waals surface area contributed by atoms with E-state index in [0.29, 0.717) is 0 Å². The molecule has 0 radical (unpaired) electrons. The van der Waals surface area contributed by atoms with Crippen LogP contribution in [0, 0.1) is 0 Å². The Labute approximate surface area is 339 Å². The highest BCUT2D eigenvalue weighted by molar-refractivity contribution is 6.09. The van der Waals surface area contributed by atoms with Crippen molar-refractivity contribution in [3.05, 3.63) is 217 Å². The molecule has 0 N–H and O–H groups in total. The summed E-state index contributed by atoms with van der Waals surface area (Å²) in [5.74, 6) is 1.69. The molecule has 1 heterocycles. The summed E-state index contributed by atoms with van der Waals surface area (Å²) in [5, 5.41) is 2.25. The van der Waals surface area contributed by atoms with Gasteiger partial charge in [-0.25, -0.2) is 0 Å². The van der Waals surface area contributed by atoms with Gasteiger partial charge >= 0.3 is 0 Å². The minimum Gasteiger partial charge on any atom is -0.454 e. The predicted octanol–water partition coefficient (Wildman–Crippen LogP) is 15.5. The van der Waals surface area contributed by atoms with Crippen LogP contribution in [-0.2, 0) is 5.41 Å². The SMILES string of the molecule is CC1(C)c2ccccc2-c2cccc(N(c3ccc(-c4ccccc4)cc3)c3ccc4cccc5c4c3Oc3ccc(N(c4ccccc4)c4ccccc4)cc3-5)c21. The average molecular weight is 745 g/mol. The fourth-order valence-electron chi connectivity index (χ4n) is 9.35. The number of rotatable bonds is 7. The van der Waals surface area contributed by atoms with Crippen molar-refractivity contribution in [3.63, 3.8) is 0 Å². The first-order valence-corrected chi connectivity index (χ1v) is 20.0. The largest absolute Gasteiger partial charge is 0.454 e. The van der Waals surface area contributed by atoms with E-state index in [0.717, 1.165) is 67.5 Å². The van der Waals surface area contributed by atoms with Gasteiger partial charge in [-0.3, -0.25) is 0 Å². The van der Waals surface area contributed by atoms with Gasteiger partial charge in [0.25, 0.3) is 0 Å². The molecule has 0 spiro atoms. The van der Waals surface area contributed by atoms with Gasteiger partial charge in [0.15, 0.2) is 5.75 Å². The number of fused-ring (bicyclic) bond motifs is 5. The zero-order valence-corrected chi connectivity index (χ0v) is 32.4. The van der Waals surface area contributed by atoms with Crippen molar-refractivity contribution in [2.24, 2.45) is 0 Å². The number of hydrogen-bond donors (Lipinski definition) is 0. The van der Waals surface area contributed by atoms with E-state index in [1.54, 1.807) is 0 Å². The monoisotopic (exact) mass is 744 g/mol. The molecule has 0 saturated heterocycles. The Kier molecular flexibility index (Phi) is 7.84. The maximum Gasteiger partial charge on any atom is 0.159 e. The Balaban J connectivity index is 1.12. The van der Waals surface area contributed by atoms with Crippen LogP contribution in [0.2, 0.25) is 0 Å². The van der Waals surface area contributed by atoms with Crippen LogP contribution in [0.1, 0.15) is 25.0 Å². The first kappa shape index (κ1) is 33.9. The van der Waals surface area contributed by atoms with Crippen LogP contribution in [0.25, 0.3) is 44.2 Å². The molecule has 3 heteroatoms. The van der Waals surface area contributed by atoms with Crippen molar-refractivity contribution in [3.8, 4) is 44.9 Å². The summed E-state index contributed by atoms with van der Waals surface area (Å²) in [6.07, 6.45) is 0. The molecule has 3 nitrogen and oxygen atoms in total. The van der Waals surface area contributed by atoms with E-state index >= 15 is 0 Å². The van der Waals surface area contributed by atoms with Crippen LogP contribution in [0.15, 0.2) is 206 Å². The van der Waals surface area contributed by atoms with Gasteiger partial charge in [0, 0.05) is 39.1 Å². The third-order valence-corrected chi connectivity index (χ3v) is 12.0. The smallest absolute Gasteiger partial charge is 0.159 e. The van der Waals surface area contributed by atoms with Gasteiger partial charge in [0.1, 0.15) is 5.75 Å². The van der Waals surface area contributed by atoms with E-state index < -0.39 is 0 Å². The van der Waals surface area contributed by atoms with Crippen molar-refractivity contribution in [1.29, 1.82) is 0 Å². The van der Waals surface area contributed by atoms with E-state index in [1.807, 2.05) is 0 Å². The second-order valence-electron chi connectivity index (χ2n) is 15.7. The van der Waals surface area contributed by atoms with Crippen LogP contribution < -0.4 is 14.5 Å². The van der Waals surface area contributed by atoms with Crippen LogP contribution in [0.4, 0.5) is 34.1 Å². The van der Waals surface area contributed by atoms with Crippen molar-refractivity contribution in [1.82, 2.24) is 0 Å². The van der Waals surface area contributed by atoms with E-state index in [4.69, 9.17) is 4.74 Å². The number of hydrogen-bond acceptors (Lipinski definition) is 3. The van der Waals surface area contributed by atoms with E-state index in [-0.39, 0.29) is 5.41 Å². The molecule has 0 atom stereocenters. The zero-order chi connectivity index (χ0) is 38.8. The van der Waals surface area contributed by atoms with Crippen LogP contribution in [0.5, 0.6) is 11.5 Å². The lowest BCUT2D eigenvalue weighted by Crippen LogP contribution is -2.21. The second kappa shape index (κ2) is 13.4. The van der Waals surface area contributed by atoms with Gasteiger partial charge in [-0.15, -0.1) is 0 Å². The molecule has 9 aromatic rings. The topological polar surface area (TPSA) is 15.7 Å². The second-order valence-corrected chi connectivity index (χ2v) is 15.7. The first-order chi connectivity index (χ1) is 28.5. The van der Waals surface area contributed by atoms with Crippen LogP contribution >= 0.6 is 0 Å². The minimum absolute atomic E-state index is 0.225. The van der Waals surface area contributed by atoms with Crippen molar-refractivity contribution >= 4 is 44.9 Å². The van der Waals surface area contributed by atoms with Gasteiger partial charge in [-0.1, -0.05) is 153 Å². The summed E-state index contributed by atoms with van der Waals surface area (Å²) in [5.41, 5.74) is 16.1. The van der Waals surface area contributed by atoms with Gasteiger partial charge in [-0.05, 0) is 111 Å². The molecule has 0 fully saturated rings. The molecule has 0 bridgehead atoms. The molecule has 0 aromatic heterocycles. The van der Waals surface area contributed by atoms with Crippen LogP contribution in [-0.4, -0.2) is 0 Å². The lowest BCUT2D eigenvalue weighted by Gasteiger charge is -2.34. The fraction of sp³-hybridized carbons (Fsp3) is 0.0545. The molecule has 0 amide bonds. The predicted molar refractivity (Wildman–Crippen MR) is 242 cm³/mol. The molecule has 1 aliphatic carbocycles. The highest BCUT2D eigenvalue weighted by atomic mass is 16.5. The molecule has 0 unspecified atom stereocenters. The van der Waals surface area contributed by atoms with Crippen molar-refractivity contribution in [2.75, 3.05) is 9.80 Å². The van der Waals surface area contributed by atoms with E-state index in [2.05, 4.69) is 230 Å². The van der Waals surface area contributed by atoms with Crippen molar-refractivity contribution in [2.45, 2.75) is 19.3 Å². The normalized spacial score (nSPS) is 12.9. The number of ether oxygens (including phenoxy) is 1. The zero-order valence-electron chi connectivity index (χ0n) is 32.4. The van der Waals surface area contributed by atoms with E-state index in [9.17, 15) is 0 Å². The highest BCUT2D eigenvalue weighted by Crippen LogP contribution is 2.58. The van der Waals surface area contributed by atoms with Gasteiger partial charge in [0.05, 0.1) is 11.4 Å². The molecule has 1 aliphatic heterocycles. The number of nitrogens with zero attached hydrogens (tertiary/aromatic N) is 2. The Morgan fingerprint density at radius 1 is 0.397 bits per heavy atom. The fourth-order valence-corrected chi connectivity index (χ4v) is 9.35. The lowest BCUT2D eigenvalue weighted by atomic mass is 9.81. The summed E-state index contributed by atoms with van der Waals surface area (Å²) >= 11 is 0. The molecular weight excluding hydrogens is 705 g/mol. The Hall–Kier alpha value is -7.36. The number of para-hydroxylation sites is 2. The molecule has 2 aliphatic rings. The Bertz CT molecular complexity index is 2950. The summed E-state index contributed by atoms with van der Waals surface area (Å²) in [7, 11) is 0. The minimum atomic E-state index is -0.225. The number of anilines is 6. The molecule has 58 heavy (non-hydrogen) atoms. The van der Waals surface area contributed by atoms with E-state index in [1.165, 1.54) is 33.4 Å². The lowest BCUT2D eigenvalue weighted by molar-refractivity contribution is 0.488. The third kappa shape index (κ3) is 5.35. The Morgan fingerprint density at radius 2 is 0.983 bits per heavy atom. The molecular formula is C55H40N2O. The first-order valence-electron chi connectivity index (χ1n) is 20.0. The van der Waals surface area contributed by atoms with Gasteiger partial charge < -0.3 is 14.5 Å². The maximum absolute atomic E-state index is 7.22. The average Bonchev–Trinajstić information content (AvgIpc) is 3.52. The quantitative estimate of drug-likeness (QED) is 0.162. The standard InChI is InChI=1S/C55H40N2O/c1-55(2)48-26-13-12-23-44(48)46-25-15-27-49(53(46)55)57(42-31-28-38(29-32-42)37-16-6-3-7-17-37)50-34-30-39-18-14-24-45-47-36-43(33-35-51(47)58-54(50)52(39)45)56(40-19-8-4-9-20-40)41-21-10-5-11-22-41/h3-36H,1-2H3. The summed E-state index contributed by atoms with van der Waals surface area (Å²) in [6.45, 7) is 4.72. The summed E-state index contributed by atoms with van der Waals surface area (Å²) < 4.78 is 7.22. The van der Waals surface area contributed by atoms with Gasteiger partial charge in [0.2, 0.25) is 0 Å². The number of benzene rings is 9. The summed E-state index contributed by atoms with van der Waals surface area (Å²) in [4.78, 5) is 4.74. The maximum atomic E-state index is 7.22. The van der Waals surface area contributed by atoms with Crippen molar-refractivity contribution < 1.29 is 4.74 Å². The molecule has 276 valence electrons. The van der Waals surface area contributed by atoms with Crippen LogP contribution in [0.3, 0.4) is 0 Å². The Morgan fingerprint density at radius 3 is 1.72 bits per heavy atom. The van der Waals surface area contributed by atoms with Gasteiger partial charge in [-0.2, -0.15) is 0 Å². The third-order valence-electron chi connectivity index (χ3n) is 12.0. The molecule has 11 rings (SSSR count). The summed E-state index contributed by atoms with van der Waals surface area (Å²) in [6, 6.07) is 74.1. The highest BCUT2D eigenvalue weighted by Gasteiger charge is 2.39. The molecule has 9 aromatic carbocycles.